The van der Waals surface area contributed by atoms with Crippen molar-refractivity contribution in [2.45, 2.75) is 65.2 Å². The summed E-state index contributed by atoms with van der Waals surface area (Å²) >= 11 is 0. The van der Waals surface area contributed by atoms with Gasteiger partial charge in [-0.3, -0.25) is 0 Å². The molecule has 3 aromatic heterocycles. The highest BCUT2D eigenvalue weighted by Crippen LogP contribution is 2.33. The Morgan fingerprint density at radius 3 is 1.35 bits per heavy atom. The van der Waals surface area contributed by atoms with E-state index in [9.17, 15) is 0 Å². The Balaban J connectivity index is 1.04. The third-order valence-electron chi connectivity index (χ3n) is 9.53. The van der Waals surface area contributed by atoms with Crippen LogP contribution in [0.1, 0.15) is 65.5 Å². The highest BCUT2D eigenvalue weighted by molar-refractivity contribution is 5.79. The lowest BCUT2D eigenvalue weighted by atomic mass is 9.82. The summed E-state index contributed by atoms with van der Waals surface area (Å²) < 4.78 is 12.1. The molecule has 0 bridgehead atoms. The number of nitrogens with zero attached hydrogens (tertiary/aromatic N) is 5. The van der Waals surface area contributed by atoms with Gasteiger partial charge in [0.05, 0.1) is 0 Å². The monoisotopic (exact) mass is 652 g/mol. The average Bonchev–Trinajstić information content (AvgIpc) is 3.73. The second-order valence-corrected chi connectivity index (χ2v) is 13.6. The normalized spacial score (nSPS) is 12.1. The molecule has 0 aliphatic rings. The van der Waals surface area contributed by atoms with E-state index in [-0.39, 0.29) is 16.8 Å². The van der Waals surface area contributed by atoms with Gasteiger partial charge in [0.1, 0.15) is 11.0 Å². The maximum atomic E-state index is 6.07. The number of nitrogens with one attached hydrogen (secondary N) is 2. The van der Waals surface area contributed by atoms with Crippen molar-refractivity contribution in [2.24, 2.45) is 0 Å². The van der Waals surface area contributed by atoms with E-state index in [2.05, 4.69) is 91.4 Å². The van der Waals surface area contributed by atoms with Crippen molar-refractivity contribution < 1.29 is 8.83 Å². The average molecular weight is 653 g/mol. The largest absolute Gasteiger partial charge is 0.436 e. The summed E-state index contributed by atoms with van der Waals surface area (Å²) in [6.45, 7) is 13.3. The fraction of sp³-hybridized carbons (Fsp3) is 0.256. The molecular formula is C39H40N8O2. The number of oxazole rings is 2. The van der Waals surface area contributed by atoms with Crippen molar-refractivity contribution >= 4 is 51.4 Å². The lowest BCUT2D eigenvalue weighted by molar-refractivity contribution is 0.506. The van der Waals surface area contributed by atoms with Crippen molar-refractivity contribution in [3.8, 4) is 22.9 Å². The molecule has 0 unspecified atom stereocenters. The topological polar surface area (TPSA) is 141 Å². The van der Waals surface area contributed by atoms with Gasteiger partial charge >= 0.3 is 0 Å². The molecule has 248 valence electrons. The van der Waals surface area contributed by atoms with Crippen molar-refractivity contribution in [2.75, 3.05) is 16.4 Å². The van der Waals surface area contributed by atoms with E-state index in [4.69, 9.17) is 24.5 Å². The number of nitrogens with two attached hydrogens (primary N) is 1. The first-order valence-corrected chi connectivity index (χ1v) is 16.6. The van der Waals surface area contributed by atoms with Crippen LogP contribution in [0, 0.1) is 0 Å². The molecule has 4 N–H and O–H groups in total. The maximum Gasteiger partial charge on any atom is 0.233 e. The van der Waals surface area contributed by atoms with Crippen molar-refractivity contribution in [3.63, 3.8) is 0 Å². The van der Waals surface area contributed by atoms with Crippen LogP contribution in [0.25, 0.3) is 45.1 Å². The van der Waals surface area contributed by atoms with Crippen LogP contribution >= 0.6 is 0 Å². The Morgan fingerprint density at radius 2 is 0.959 bits per heavy atom. The van der Waals surface area contributed by atoms with E-state index in [1.165, 1.54) is 11.1 Å². The summed E-state index contributed by atoms with van der Waals surface area (Å²) in [5.41, 5.74) is 15.2. The van der Waals surface area contributed by atoms with Crippen LogP contribution in [0.5, 0.6) is 0 Å². The van der Waals surface area contributed by atoms with Crippen molar-refractivity contribution in [1.29, 1.82) is 0 Å². The van der Waals surface area contributed by atoms with Crippen molar-refractivity contribution in [1.82, 2.24) is 24.9 Å². The first kappa shape index (κ1) is 31.8. The number of benzene rings is 4. The first-order valence-electron chi connectivity index (χ1n) is 16.6. The lowest BCUT2D eigenvalue weighted by Crippen LogP contribution is -2.14. The van der Waals surface area contributed by atoms with Gasteiger partial charge in [0.15, 0.2) is 11.2 Å². The highest BCUT2D eigenvalue weighted by Gasteiger charge is 2.21. The number of hydrogen-bond acceptors (Lipinski definition) is 10. The summed E-state index contributed by atoms with van der Waals surface area (Å²) in [4.78, 5) is 22.6. The maximum absolute atomic E-state index is 6.07. The van der Waals surface area contributed by atoms with Crippen LogP contribution < -0.4 is 16.4 Å². The lowest BCUT2D eigenvalue weighted by Gasteiger charge is -2.22. The smallest absolute Gasteiger partial charge is 0.233 e. The molecule has 0 amide bonds. The first-order chi connectivity index (χ1) is 23.5. The number of nitrogen functional groups attached to an aromatic ring is 1. The zero-order valence-corrected chi connectivity index (χ0v) is 28.6. The van der Waals surface area contributed by atoms with E-state index < -0.39 is 0 Å². The highest BCUT2D eigenvalue weighted by atomic mass is 16.4. The predicted molar refractivity (Wildman–Crippen MR) is 196 cm³/mol. The Hall–Kier alpha value is -5.77. The van der Waals surface area contributed by atoms with Gasteiger partial charge < -0.3 is 25.2 Å². The van der Waals surface area contributed by atoms with E-state index in [0.717, 1.165) is 57.5 Å². The second-order valence-electron chi connectivity index (χ2n) is 13.6. The summed E-state index contributed by atoms with van der Waals surface area (Å²) in [5.74, 6) is 1.84. The molecule has 0 saturated carbocycles. The van der Waals surface area contributed by atoms with Gasteiger partial charge in [-0.05, 0) is 108 Å². The van der Waals surface area contributed by atoms with Crippen LogP contribution in [-0.4, -0.2) is 24.9 Å². The quantitative estimate of drug-likeness (QED) is 0.131. The molecule has 49 heavy (non-hydrogen) atoms. The standard InChI is InChI=1S/C39H40N8O2/c1-7-38(3,4)25-13-19-31-29(21-25)43-33(48-31)23-9-15-27(16-10-23)41-36-45-35(40)46-37(47-36)42-28-17-11-24(12-18-28)34-44-30-22-26(39(5,6)8-2)14-20-32(30)49-34/h9-22H,7-8H2,1-6H3,(H4,40,41,42,45,46,47). The molecule has 0 aliphatic heterocycles. The fourth-order valence-corrected chi connectivity index (χ4v) is 5.51. The molecule has 0 aliphatic carbocycles. The van der Waals surface area contributed by atoms with Crippen LogP contribution in [-0.2, 0) is 10.8 Å². The number of rotatable bonds is 10. The molecular weight excluding hydrogens is 612 g/mol. The molecule has 0 radical (unpaired) electrons. The van der Waals surface area contributed by atoms with Crippen molar-refractivity contribution in [3.05, 3.63) is 96.1 Å². The van der Waals surface area contributed by atoms with Gasteiger partial charge in [0.2, 0.25) is 29.6 Å². The zero-order valence-electron chi connectivity index (χ0n) is 28.6. The van der Waals surface area contributed by atoms with Crippen LogP contribution in [0.2, 0.25) is 0 Å². The molecule has 3 heterocycles. The van der Waals surface area contributed by atoms with Gasteiger partial charge in [-0.25, -0.2) is 9.97 Å². The van der Waals surface area contributed by atoms with Gasteiger partial charge in [-0.15, -0.1) is 0 Å². The Morgan fingerprint density at radius 1 is 0.551 bits per heavy atom. The molecule has 0 spiro atoms. The number of aromatic nitrogens is 5. The number of fused-ring (bicyclic) bond motifs is 2. The number of hydrogen-bond donors (Lipinski definition) is 3. The Labute approximate surface area is 285 Å². The van der Waals surface area contributed by atoms with E-state index in [1.807, 2.05) is 60.7 Å². The summed E-state index contributed by atoms with van der Waals surface area (Å²) in [6, 6.07) is 27.9. The minimum absolute atomic E-state index is 0.0734. The summed E-state index contributed by atoms with van der Waals surface area (Å²) in [5, 5.41) is 6.43. The summed E-state index contributed by atoms with van der Waals surface area (Å²) in [6.07, 6.45) is 2.08. The molecule has 10 nitrogen and oxygen atoms in total. The van der Waals surface area contributed by atoms with E-state index >= 15 is 0 Å². The van der Waals surface area contributed by atoms with Crippen LogP contribution in [0.15, 0.2) is 93.8 Å². The molecule has 0 atom stereocenters. The van der Waals surface area contributed by atoms with Gasteiger partial charge in [0, 0.05) is 22.5 Å². The molecule has 7 rings (SSSR count). The van der Waals surface area contributed by atoms with Crippen LogP contribution in [0.3, 0.4) is 0 Å². The molecule has 7 aromatic rings. The van der Waals surface area contributed by atoms with Gasteiger partial charge in [0.25, 0.3) is 0 Å². The Bertz CT molecular complexity index is 2110. The van der Waals surface area contributed by atoms with E-state index in [0.29, 0.717) is 23.7 Å². The van der Waals surface area contributed by atoms with Gasteiger partial charge in [-0.1, -0.05) is 53.7 Å². The SMILES string of the molecule is CCC(C)(C)c1ccc2oc(-c3ccc(Nc4nc(N)nc(Nc5ccc(-c6nc7cc(C(C)(C)CC)ccc7o6)cc5)n4)cc3)nc2c1. The third-order valence-corrected chi connectivity index (χ3v) is 9.53. The van der Waals surface area contributed by atoms with Gasteiger partial charge in [-0.2, -0.15) is 15.0 Å². The molecule has 4 aromatic carbocycles. The minimum atomic E-state index is 0.0734. The molecule has 10 heteroatoms. The third kappa shape index (κ3) is 6.54. The van der Waals surface area contributed by atoms with E-state index in [1.54, 1.807) is 0 Å². The Kier molecular flexibility index (Phi) is 8.02. The zero-order chi connectivity index (χ0) is 34.3. The second kappa shape index (κ2) is 12.4. The molecule has 0 saturated heterocycles. The fourth-order valence-electron chi connectivity index (χ4n) is 5.51. The minimum Gasteiger partial charge on any atom is -0.436 e. The number of anilines is 5. The predicted octanol–water partition coefficient (Wildman–Crippen LogP) is 9.93. The summed E-state index contributed by atoms with van der Waals surface area (Å²) in [7, 11) is 0. The molecule has 0 fully saturated rings. The van der Waals surface area contributed by atoms with Crippen LogP contribution in [0.4, 0.5) is 29.2 Å².